The van der Waals surface area contributed by atoms with Crippen LogP contribution in [0.5, 0.6) is 0 Å². The highest BCUT2D eigenvalue weighted by atomic mass is 79.9. The van der Waals surface area contributed by atoms with Crippen molar-refractivity contribution >= 4 is 115 Å². The fourth-order valence-corrected chi connectivity index (χ4v) is 11.5. The molecule has 125 heavy (non-hydrogen) atoms. The molecule has 0 spiro atoms. The van der Waals surface area contributed by atoms with Gasteiger partial charge in [0.15, 0.2) is 40.9 Å². The monoisotopic (exact) mass is 1850 g/mol. The number of benzene rings is 6. The molecule has 0 fully saturated rings. The Morgan fingerprint density at radius 3 is 1.07 bits per heavy atom. The Hall–Kier alpha value is -16.1. The lowest BCUT2D eigenvalue weighted by Crippen LogP contribution is -2.29. The second kappa shape index (κ2) is 46.5. The third-order valence-corrected chi connectivity index (χ3v) is 18.7. The van der Waals surface area contributed by atoms with Gasteiger partial charge in [-0.15, -0.1) is 0 Å². The minimum absolute atomic E-state index is 0. The lowest BCUT2D eigenvalue weighted by molar-refractivity contribution is 0.109. The molecule has 0 atom stereocenters. The first kappa shape index (κ1) is 92.8. The molecule has 0 aliphatic carbocycles. The van der Waals surface area contributed by atoms with E-state index in [0.29, 0.717) is 86.1 Å². The summed E-state index contributed by atoms with van der Waals surface area (Å²) < 4.78 is 24.5. The molecular formula is C93H72BBr3N16O12. The molecule has 0 radical (unpaired) electrons. The van der Waals surface area contributed by atoms with Crippen LogP contribution in [0.2, 0.25) is 0 Å². The van der Waals surface area contributed by atoms with E-state index in [9.17, 15) is 19.2 Å². The molecule has 10 aromatic heterocycles. The Morgan fingerprint density at radius 1 is 0.392 bits per heavy atom. The number of halogens is 3. The van der Waals surface area contributed by atoms with Crippen molar-refractivity contribution in [1.29, 1.82) is 16.1 Å². The number of nitrogens with one attached hydrogen (secondary N) is 2. The Labute approximate surface area is 741 Å². The average molecular weight is 1860 g/mol. The molecule has 0 amide bonds. The van der Waals surface area contributed by atoms with Gasteiger partial charge in [0.05, 0.1) is 35.0 Å². The highest BCUT2D eigenvalue weighted by Crippen LogP contribution is 2.31. The maximum atomic E-state index is 10.6. The van der Waals surface area contributed by atoms with Crippen molar-refractivity contribution < 1.29 is 57.3 Å². The Bertz CT molecular complexity index is 6390. The maximum Gasteiger partial charge on any atom is 0.488 e. The zero-order chi connectivity index (χ0) is 88.4. The molecule has 620 valence electrons. The SMILES string of the molecule is Brc1ccc(Br)nc1.C.N/C(=N\O)c1ccc(-c2ccc(-c3ccc(/C(N)=N\O)cc3)nc2)o1.N=C(N)c1ccc(-c2ccc(-c3ccc(C(=N)N)o3)cn2)cc1.O=Cc1ccc(-c2ccc(-c3ccc(C=O)o3)cn2)cc1.O=Cc1ccc(-c2ccc(Br)cn2)cc1.O=Cc1ccc(B(O)O)cc1.[C-]#[N+]c1ccc(-c2ccc(-c3ccc(C#N)o3)cn2)cc1. The number of hydrogen-bond donors (Lipinski definition) is 10. The predicted molar refractivity (Wildman–Crippen MR) is 489 cm³/mol. The molecule has 28 nitrogen and oxygen atoms in total. The quantitative estimate of drug-likeness (QED) is 0.00557. The Kier molecular flexibility index (Phi) is 34.5. The number of rotatable bonds is 18. The molecule has 6 aromatic carbocycles. The van der Waals surface area contributed by atoms with Gasteiger partial charge < -0.3 is 61.1 Å². The zero-order valence-electron chi connectivity index (χ0n) is 64.7. The van der Waals surface area contributed by atoms with Crippen LogP contribution in [0.4, 0.5) is 5.69 Å². The second-order valence-corrected chi connectivity index (χ2v) is 28.2. The van der Waals surface area contributed by atoms with Crippen molar-refractivity contribution in [2.24, 2.45) is 33.2 Å². The summed E-state index contributed by atoms with van der Waals surface area (Å²) in [5.41, 5.74) is 38.0. The fraction of sp³-hybridized carbons (Fsp3) is 0.0108. The van der Waals surface area contributed by atoms with Crippen LogP contribution in [0.25, 0.3) is 106 Å². The smallest absolute Gasteiger partial charge is 0.453 e. The Balaban J connectivity index is 0.000000169. The number of aldehydes is 4. The molecule has 32 heteroatoms. The van der Waals surface area contributed by atoms with E-state index in [4.69, 9.17) is 83.7 Å². The standard InChI is InChI=1S/C17H15N5O3.C17H15N5O.C17H9N3O.C17H11NO3.C12H8BrNO.C7H7BO3.C5H3Br2N.CH4/c18-16(21-23)11-3-1-10(2-4-11)13-6-5-12(9-20-13)14-7-8-15(25-14)17(19)22-24;18-16(19)11-3-1-10(2-4-11)13-6-5-12(9-22-13)14-7-8-15(23-14)17(20)21;1-19-14-5-2-12(3-6-14)16-8-4-13(11-20-16)17-9-7-15(10-18)21-17;19-10-12-1-3-13(4-2-12)16-7-5-14(9-18-16)17-8-6-15(11-20)21-17;13-11-5-6-12(14-7-11)10-3-1-9(8-15)2-4-10;9-5-6-1-3-7(4-2-6)8(10)11;6-4-1-2-5(7)8-3-4;/h1-9,23-24H,(H2,18,21)(H2,19,22);1-9H,(H3,18,19)(H3,20,21);2-9,11H;1-11H;1-8H;1-5,10-11H;1-3H;1H4. The molecule has 0 aliphatic rings. The number of carbonyl (C=O) groups excluding carboxylic acids is 4. The van der Waals surface area contributed by atoms with Gasteiger partial charge in [0.25, 0.3) is 0 Å². The lowest BCUT2D eigenvalue weighted by atomic mass is 9.80. The number of nitriles is 1. The first-order valence-electron chi connectivity index (χ1n) is 36.4. The number of aromatic nitrogens is 6. The van der Waals surface area contributed by atoms with E-state index in [1.54, 1.807) is 146 Å². The van der Waals surface area contributed by atoms with Gasteiger partial charge in [-0.25, -0.2) is 9.83 Å². The molecule has 0 bridgehead atoms. The van der Waals surface area contributed by atoms with E-state index >= 15 is 0 Å². The fourth-order valence-electron chi connectivity index (χ4n) is 10.8. The van der Waals surface area contributed by atoms with Crippen molar-refractivity contribution in [3.63, 3.8) is 0 Å². The van der Waals surface area contributed by atoms with Gasteiger partial charge in [-0.1, -0.05) is 163 Å². The summed E-state index contributed by atoms with van der Waals surface area (Å²) in [6, 6.07) is 80.5. The number of hydrogen-bond acceptors (Lipinski definition) is 23. The lowest BCUT2D eigenvalue weighted by Gasteiger charge is -2.04. The van der Waals surface area contributed by atoms with Crippen LogP contribution >= 0.6 is 47.8 Å². The number of nitrogen functional groups attached to an aromatic ring is 2. The second-order valence-electron chi connectivity index (χ2n) is 25.6. The van der Waals surface area contributed by atoms with Gasteiger partial charge in [0.1, 0.15) is 58.4 Å². The van der Waals surface area contributed by atoms with E-state index in [0.717, 1.165) is 105 Å². The summed E-state index contributed by atoms with van der Waals surface area (Å²) in [6.45, 7) is 6.94. The van der Waals surface area contributed by atoms with Gasteiger partial charge in [-0.3, -0.25) is 54.9 Å². The molecule has 10 heterocycles. The van der Waals surface area contributed by atoms with Crippen molar-refractivity contribution in [1.82, 2.24) is 29.9 Å². The number of furan rings is 4. The van der Waals surface area contributed by atoms with Crippen LogP contribution in [0.1, 0.15) is 77.5 Å². The number of pyridine rings is 6. The highest BCUT2D eigenvalue weighted by molar-refractivity contribution is 9.11. The summed E-state index contributed by atoms with van der Waals surface area (Å²) in [5.74, 6) is 3.47. The number of nitrogens with two attached hydrogens (primary N) is 4. The molecule has 16 aromatic rings. The third-order valence-electron chi connectivity index (χ3n) is 17.3. The maximum absolute atomic E-state index is 10.6. The zero-order valence-corrected chi connectivity index (χ0v) is 69.5. The summed E-state index contributed by atoms with van der Waals surface area (Å²) in [4.78, 5) is 71.1. The number of oxime groups is 2. The third kappa shape index (κ3) is 27.0. The van der Waals surface area contributed by atoms with Crippen LogP contribution < -0.4 is 28.4 Å². The van der Waals surface area contributed by atoms with Gasteiger partial charge in [-0.2, -0.15) is 5.26 Å². The first-order chi connectivity index (χ1) is 60.1. The van der Waals surface area contributed by atoms with E-state index < -0.39 is 7.12 Å². The van der Waals surface area contributed by atoms with E-state index in [1.807, 2.05) is 140 Å². The van der Waals surface area contributed by atoms with Crippen LogP contribution in [0.3, 0.4) is 0 Å². The van der Waals surface area contributed by atoms with Crippen molar-refractivity contribution in [3.05, 3.63) is 380 Å². The minimum Gasteiger partial charge on any atom is -0.453 e. The largest absolute Gasteiger partial charge is 0.488 e. The number of amidine groups is 4. The van der Waals surface area contributed by atoms with E-state index in [1.165, 1.54) is 24.3 Å². The Morgan fingerprint density at radius 2 is 0.744 bits per heavy atom. The van der Waals surface area contributed by atoms with Gasteiger partial charge in [0.2, 0.25) is 11.6 Å². The van der Waals surface area contributed by atoms with E-state index in [2.05, 4.69) is 92.9 Å². The summed E-state index contributed by atoms with van der Waals surface area (Å²) >= 11 is 9.81. The van der Waals surface area contributed by atoms with Crippen LogP contribution in [-0.4, -0.2) is 106 Å². The van der Waals surface area contributed by atoms with Crippen LogP contribution in [0.15, 0.2) is 346 Å². The van der Waals surface area contributed by atoms with Crippen LogP contribution in [-0.2, 0) is 0 Å². The van der Waals surface area contributed by atoms with Crippen molar-refractivity contribution in [3.8, 4) is 108 Å². The summed E-state index contributed by atoms with van der Waals surface area (Å²) in [7, 11) is -1.46. The van der Waals surface area contributed by atoms with Gasteiger partial charge in [0, 0.05) is 118 Å². The molecular weight excluding hydrogens is 1780 g/mol. The average Bonchev–Trinajstić information content (AvgIpc) is 1.79. The molecule has 16 rings (SSSR count). The van der Waals surface area contributed by atoms with Crippen molar-refractivity contribution in [2.45, 2.75) is 7.43 Å². The van der Waals surface area contributed by atoms with Crippen molar-refractivity contribution in [2.75, 3.05) is 0 Å². The normalized spacial score (nSPS) is 10.4. The predicted octanol–water partition coefficient (Wildman–Crippen LogP) is 18.6. The summed E-state index contributed by atoms with van der Waals surface area (Å²) in [6.07, 6.45) is 13.3. The first-order valence-corrected chi connectivity index (χ1v) is 38.8. The summed E-state index contributed by atoms with van der Waals surface area (Å²) in [5, 5.41) is 64.0. The number of carbonyl (C=O) groups is 4. The molecule has 0 unspecified atom stereocenters. The van der Waals surface area contributed by atoms with E-state index in [-0.39, 0.29) is 42.3 Å². The topological polar surface area (TPSA) is 484 Å². The van der Waals surface area contributed by atoms with Crippen LogP contribution in [0, 0.1) is 28.7 Å². The molecule has 0 saturated heterocycles. The minimum atomic E-state index is -1.46. The molecule has 14 N–H and O–H groups in total. The molecule has 0 saturated carbocycles. The highest BCUT2D eigenvalue weighted by Gasteiger charge is 2.15. The van der Waals surface area contributed by atoms with Gasteiger partial charge in [-0.05, 0) is 180 Å². The molecule has 0 aliphatic heterocycles. The number of nitrogens with zero attached hydrogens (tertiary/aromatic N) is 10. The van der Waals surface area contributed by atoms with Gasteiger partial charge >= 0.3 is 7.12 Å².